The minimum absolute atomic E-state index is 0.197. The summed E-state index contributed by atoms with van der Waals surface area (Å²) in [4.78, 5) is 10.7. The van der Waals surface area contributed by atoms with Crippen molar-refractivity contribution in [2.45, 2.75) is 84.0 Å². The summed E-state index contributed by atoms with van der Waals surface area (Å²) in [6.07, 6.45) is 11.0. The highest BCUT2D eigenvalue weighted by atomic mass is 16.5. The van der Waals surface area contributed by atoms with Gasteiger partial charge in [-0.05, 0) is 6.42 Å². The van der Waals surface area contributed by atoms with Gasteiger partial charge in [-0.2, -0.15) is 0 Å². The molecular formula is C22H29NO2. The molecule has 0 saturated heterocycles. The van der Waals surface area contributed by atoms with Crippen molar-refractivity contribution < 1.29 is 10.0 Å². The Kier molecular flexibility index (Phi) is 17.9. The Morgan fingerprint density at radius 3 is 1.76 bits per heavy atom. The predicted molar refractivity (Wildman–Crippen MR) is 102 cm³/mol. The second-order valence-electron chi connectivity index (χ2n) is 5.50. The zero-order valence-corrected chi connectivity index (χ0v) is 15.3. The maximum atomic E-state index is 10.7. The first-order chi connectivity index (χ1) is 12.3. The SMILES string of the molecule is CCCCCCCCC#CCC#CCC#CCC#CCCC(=O)NO. The van der Waals surface area contributed by atoms with E-state index < -0.39 is 5.91 Å². The third kappa shape index (κ3) is 19.6. The molecule has 0 atom stereocenters. The van der Waals surface area contributed by atoms with Gasteiger partial charge in [-0.15, -0.1) is 11.8 Å². The first-order valence-electron chi connectivity index (χ1n) is 9.07. The molecule has 0 spiro atoms. The molecule has 0 rings (SSSR count). The van der Waals surface area contributed by atoms with Crippen LogP contribution in [-0.4, -0.2) is 11.1 Å². The molecule has 2 N–H and O–H groups in total. The van der Waals surface area contributed by atoms with Gasteiger partial charge < -0.3 is 0 Å². The number of hydrogen-bond acceptors (Lipinski definition) is 2. The van der Waals surface area contributed by atoms with Gasteiger partial charge in [0.25, 0.3) is 0 Å². The molecule has 1 amide bonds. The van der Waals surface area contributed by atoms with Gasteiger partial charge in [0, 0.05) is 19.3 Å². The van der Waals surface area contributed by atoms with E-state index in [0.29, 0.717) is 25.7 Å². The maximum absolute atomic E-state index is 10.7. The molecule has 0 fully saturated rings. The number of carbonyl (C=O) groups is 1. The van der Waals surface area contributed by atoms with Crippen LogP contribution >= 0.6 is 0 Å². The monoisotopic (exact) mass is 339 g/mol. The van der Waals surface area contributed by atoms with Crippen LogP contribution in [0.3, 0.4) is 0 Å². The van der Waals surface area contributed by atoms with Crippen LogP contribution in [0.15, 0.2) is 0 Å². The van der Waals surface area contributed by atoms with Crippen LogP contribution in [0.4, 0.5) is 0 Å². The molecule has 3 nitrogen and oxygen atoms in total. The second kappa shape index (κ2) is 19.7. The molecule has 0 radical (unpaired) electrons. The zero-order valence-electron chi connectivity index (χ0n) is 15.3. The fourth-order valence-electron chi connectivity index (χ4n) is 1.91. The number of hydrogen-bond donors (Lipinski definition) is 2. The molecule has 0 aromatic rings. The van der Waals surface area contributed by atoms with Crippen molar-refractivity contribution in [1.29, 1.82) is 0 Å². The van der Waals surface area contributed by atoms with Crippen LogP contribution in [0.5, 0.6) is 0 Å². The largest absolute Gasteiger partial charge is 0.289 e. The number of amides is 1. The van der Waals surface area contributed by atoms with Crippen molar-refractivity contribution in [3.8, 4) is 47.4 Å². The average Bonchev–Trinajstić information content (AvgIpc) is 2.63. The summed E-state index contributed by atoms with van der Waals surface area (Å²) in [6.45, 7) is 2.23. The van der Waals surface area contributed by atoms with Crippen LogP contribution in [0.25, 0.3) is 0 Å². The van der Waals surface area contributed by atoms with Crippen LogP contribution in [0.1, 0.15) is 84.0 Å². The zero-order chi connectivity index (χ0) is 18.4. The third-order valence-corrected chi connectivity index (χ3v) is 3.29. The lowest BCUT2D eigenvalue weighted by molar-refractivity contribution is -0.129. The van der Waals surface area contributed by atoms with Crippen LogP contribution < -0.4 is 5.48 Å². The normalized spacial score (nSPS) is 8.40. The van der Waals surface area contributed by atoms with Gasteiger partial charge in [-0.25, -0.2) is 5.48 Å². The first kappa shape index (κ1) is 22.7. The molecule has 0 aliphatic heterocycles. The van der Waals surface area contributed by atoms with Gasteiger partial charge in [-0.3, -0.25) is 10.0 Å². The van der Waals surface area contributed by atoms with Crippen LogP contribution in [-0.2, 0) is 4.79 Å². The first-order valence-corrected chi connectivity index (χ1v) is 9.07. The van der Waals surface area contributed by atoms with Crippen molar-refractivity contribution in [3.63, 3.8) is 0 Å². The predicted octanol–water partition coefficient (Wildman–Crippen LogP) is 4.21. The van der Waals surface area contributed by atoms with E-state index in [4.69, 9.17) is 5.21 Å². The average molecular weight is 339 g/mol. The molecule has 0 aliphatic carbocycles. The lowest BCUT2D eigenvalue weighted by Gasteiger charge is -1.96. The van der Waals surface area contributed by atoms with E-state index in [9.17, 15) is 4.79 Å². The summed E-state index contributed by atoms with van der Waals surface area (Å²) in [5, 5.41) is 8.29. The molecule has 0 saturated carbocycles. The highest BCUT2D eigenvalue weighted by Crippen LogP contribution is 2.06. The smallest absolute Gasteiger partial charge is 0.244 e. The lowest BCUT2D eigenvalue weighted by atomic mass is 10.1. The summed E-state index contributed by atoms with van der Waals surface area (Å²) in [6, 6.07) is 0. The molecule has 0 aliphatic rings. The highest BCUT2D eigenvalue weighted by Gasteiger charge is 1.93. The summed E-state index contributed by atoms with van der Waals surface area (Å²) < 4.78 is 0. The quantitative estimate of drug-likeness (QED) is 0.301. The molecule has 134 valence electrons. The van der Waals surface area contributed by atoms with Crippen molar-refractivity contribution in [1.82, 2.24) is 5.48 Å². The fourth-order valence-corrected chi connectivity index (χ4v) is 1.91. The van der Waals surface area contributed by atoms with Gasteiger partial charge in [0.2, 0.25) is 5.91 Å². The topological polar surface area (TPSA) is 49.3 Å². The molecular weight excluding hydrogens is 310 g/mol. The number of hydroxylamine groups is 1. The Morgan fingerprint density at radius 1 is 0.720 bits per heavy atom. The number of rotatable bonds is 8. The minimum atomic E-state index is -0.425. The summed E-state index contributed by atoms with van der Waals surface area (Å²) in [5.74, 6) is 23.3. The standard InChI is InChI=1S/C22H29NO2/c1-2-3-4-5-6-7-8-9-10-11-12-13-14-15-16-17-18-19-20-21-22(24)23-25/h25H,2-8,11,14,17,20-21H2,1H3,(H,23,24). The molecule has 3 heteroatoms. The Labute approximate surface area is 153 Å². The molecule has 0 heterocycles. The number of carbonyl (C=O) groups excluding carboxylic acids is 1. The molecule has 0 aromatic carbocycles. The molecule has 25 heavy (non-hydrogen) atoms. The number of unbranched alkanes of at least 4 members (excludes halogenated alkanes) is 6. The third-order valence-electron chi connectivity index (χ3n) is 3.29. The second-order valence-corrected chi connectivity index (χ2v) is 5.50. The highest BCUT2D eigenvalue weighted by molar-refractivity contribution is 5.74. The summed E-state index contributed by atoms with van der Waals surface area (Å²) in [7, 11) is 0. The van der Waals surface area contributed by atoms with Gasteiger partial charge in [0.15, 0.2) is 0 Å². The maximum Gasteiger partial charge on any atom is 0.244 e. The lowest BCUT2D eigenvalue weighted by Crippen LogP contribution is -2.17. The molecule has 0 aromatic heterocycles. The van der Waals surface area contributed by atoms with E-state index in [-0.39, 0.29) is 6.42 Å². The van der Waals surface area contributed by atoms with E-state index in [2.05, 4.69) is 54.3 Å². The van der Waals surface area contributed by atoms with E-state index in [0.717, 1.165) is 6.42 Å². The van der Waals surface area contributed by atoms with Crippen LogP contribution in [0.2, 0.25) is 0 Å². The van der Waals surface area contributed by atoms with Crippen molar-refractivity contribution in [2.75, 3.05) is 0 Å². The number of nitrogens with one attached hydrogen (secondary N) is 1. The van der Waals surface area contributed by atoms with Crippen molar-refractivity contribution in [3.05, 3.63) is 0 Å². The fraction of sp³-hybridized carbons (Fsp3) is 0.591. The van der Waals surface area contributed by atoms with E-state index in [1.54, 1.807) is 5.48 Å². The Morgan fingerprint density at radius 2 is 1.20 bits per heavy atom. The Hall–Kier alpha value is -2.33. The minimum Gasteiger partial charge on any atom is -0.289 e. The van der Waals surface area contributed by atoms with Crippen LogP contribution in [0, 0.1) is 47.4 Å². The molecule has 0 unspecified atom stereocenters. The van der Waals surface area contributed by atoms with E-state index >= 15 is 0 Å². The molecule has 0 bridgehead atoms. The van der Waals surface area contributed by atoms with Gasteiger partial charge in [0.05, 0.1) is 19.3 Å². The van der Waals surface area contributed by atoms with Crippen molar-refractivity contribution >= 4 is 5.91 Å². The van der Waals surface area contributed by atoms with Gasteiger partial charge >= 0.3 is 0 Å². The van der Waals surface area contributed by atoms with Gasteiger partial charge in [0.1, 0.15) is 0 Å². The van der Waals surface area contributed by atoms with E-state index in [1.807, 2.05) is 0 Å². The van der Waals surface area contributed by atoms with E-state index in [1.165, 1.54) is 38.5 Å². The van der Waals surface area contributed by atoms with Gasteiger partial charge in [-0.1, -0.05) is 74.6 Å². The van der Waals surface area contributed by atoms with Crippen molar-refractivity contribution in [2.24, 2.45) is 0 Å². The summed E-state index contributed by atoms with van der Waals surface area (Å²) in [5.41, 5.74) is 1.56. The Balaban J connectivity index is 3.56. The Bertz CT molecular complexity index is 591. The summed E-state index contributed by atoms with van der Waals surface area (Å²) >= 11 is 0.